The first-order chi connectivity index (χ1) is 16.7. The number of nitrogens with zero attached hydrogens (tertiary/aromatic N) is 3. The zero-order valence-electron chi connectivity index (χ0n) is 18.4. The van der Waals surface area contributed by atoms with Gasteiger partial charge in [0.1, 0.15) is 39.8 Å². The zero-order valence-corrected chi connectivity index (χ0v) is 19.2. The fraction of sp³-hybridized carbons (Fsp3) is 0.115. The van der Waals surface area contributed by atoms with Crippen LogP contribution in [0.15, 0.2) is 79.1 Å². The number of hydrogen-bond donors (Lipinski definition) is 2. The van der Waals surface area contributed by atoms with Gasteiger partial charge in [-0.3, -0.25) is 0 Å². The van der Waals surface area contributed by atoms with Gasteiger partial charge in [-0.15, -0.1) is 0 Å². The predicted molar refractivity (Wildman–Crippen MR) is 134 cm³/mol. The number of aliphatic hydroxyl groups excluding tert-OH is 1. The number of ether oxygens (including phenoxy) is 2. The molecule has 2 aromatic heterocycles. The third kappa shape index (κ3) is 4.68. The first kappa shape index (κ1) is 21.8. The van der Waals surface area contributed by atoms with E-state index in [-0.39, 0.29) is 6.61 Å². The van der Waals surface area contributed by atoms with Gasteiger partial charge >= 0.3 is 0 Å². The summed E-state index contributed by atoms with van der Waals surface area (Å²) in [5.41, 5.74) is 4.15. The number of rotatable bonds is 8. The number of nitrogens with one attached hydrogen (secondary N) is 1. The van der Waals surface area contributed by atoms with Gasteiger partial charge in [0.05, 0.1) is 13.7 Å². The van der Waals surface area contributed by atoms with Gasteiger partial charge in [0.2, 0.25) is 0 Å². The van der Waals surface area contributed by atoms with Crippen LogP contribution in [0.25, 0.3) is 20.9 Å². The van der Waals surface area contributed by atoms with Crippen LogP contribution in [0.3, 0.4) is 0 Å². The van der Waals surface area contributed by atoms with Gasteiger partial charge in [0.25, 0.3) is 0 Å². The van der Waals surface area contributed by atoms with Crippen LogP contribution in [0.5, 0.6) is 11.5 Å². The van der Waals surface area contributed by atoms with Crippen molar-refractivity contribution < 1.29 is 14.6 Å². The second kappa shape index (κ2) is 9.86. The molecular formula is C26H22N4O3S. The van der Waals surface area contributed by atoms with Gasteiger partial charge in [0.15, 0.2) is 5.82 Å². The normalized spacial score (nSPS) is 10.9. The molecular weight excluding hydrogens is 448 g/mol. The van der Waals surface area contributed by atoms with E-state index in [4.69, 9.17) is 14.5 Å². The predicted octanol–water partition coefficient (Wildman–Crippen LogP) is 5.58. The van der Waals surface area contributed by atoms with Gasteiger partial charge < -0.3 is 19.9 Å². The fourth-order valence-electron chi connectivity index (χ4n) is 3.52. The molecule has 0 aliphatic rings. The summed E-state index contributed by atoms with van der Waals surface area (Å²) in [5.74, 6) is 2.00. The number of hydrogen-bond acceptors (Lipinski definition) is 8. The topological polar surface area (TPSA) is 89.4 Å². The van der Waals surface area contributed by atoms with E-state index in [1.165, 1.54) is 17.7 Å². The van der Waals surface area contributed by atoms with Crippen molar-refractivity contribution in [2.75, 3.05) is 12.4 Å². The second-order valence-corrected chi connectivity index (χ2v) is 8.48. The quantitative estimate of drug-likeness (QED) is 0.306. The smallest absolute Gasteiger partial charge is 0.161 e. The number of methoxy groups -OCH3 is 1. The van der Waals surface area contributed by atoms with Crippen LogP contribution in [0.4, 0.5) is 11.5 Å². The number of aromatic nitrogens is 3. The summed E-state index contributed by atoms with van der Waals surface area (Å²) in [7, 11) is 1.64. The van der Waals surface area contributed by atoms with E-state index >= 15 is 0 Å². The van der Waals surface area contributed by atoms with Gasteiger partial charge in [-0.1, -0.05) is 53.8 Å². The van der Waals surface area contributed by atoms with Crippen LogP contribution in [0.1, 0.15) is 11.1 Å². The van der Waals surface area contributed by atoms with Crippen LogP contribution in [-0.4, -0.2) is 27.2 Å². The molecule has 0 unspecified atom stereocenters. The summed E-state index contributed by atoms with van der Waals surface area (Å²) in [6, 6.07) is 23.3. The molecule has 0 radical (unpaired) electrons. The van der Waals surface area contributed by atoms with Crippen LogP contribution in [0, 0.1) is 0 Å². The molecule has 0 saturated carbocycles. The first-order valence-electron chi connectivity index (χ1n) is 10.7. The molecule has 0 bridgehead atoms. The highest BCUT2D eigenvalue weighted by Crippen LogP contribution is 2.34. The molecule has 0 saturated heterocycles. The largest absolute Gasteiger partial charge is 0.497 e. The average molecular weight is 471 g/mol. The molecule has 5 rings (SSSR count). The van der Waals surface area contributed by atoms with Crippen molar-refractivity contribution in [3.05, 3.63) is 90.3 Å². The molecule has 0 aliphatic carbocycles. The third-order valence-electron chi connectivity index (χ3n) is 5.24. The maximum atomic E-state index is 9.90. The average Bonchev–Trinajstić information content (AvgIpc) is 3.34. The Morgan fingerprint density at radius 1 is 0.971 bits per heavy atom. The van der Waals surface area contributed by atoms with Crippen molar-refractivity contribution in [2.24, 2.45) is 0 Å². The van der Waals surface area contributed by atoms with Crippen LogP contribution < -0.4 is 14.8 Å². The number of anilines is 2. The molecule has 5 aromatic rings. The number of fused-ring (bicyclic) bond motifs is 1. The molecule has 7 nitrogen and oxygen atoms in total. The molecule has 3 aromatic carbocycles. The Bertz CT molecular complexity index is 1420. The van der Waals surface area contributed by atoms with Gasteiger partial charge in [0, 0.05) is 16.8 Å². The van der Waals surface area contributed by atoms with E-state index in [1.54, 1.807) is 7.11 Å². The monoisotopic (exact) mass is 470 g/mol. The van der Waals surface area contributed by atoms with Crippen molar-refractivity contribution in [1.29, 1.82) is 0 Å². The van der Waals surface area contributed by atoms with Gasteiger partial charge in [-0.05, 0) is 35.9 Å². The summed E-state index contributed by atoms with van der Waals surface area (Å²) in [4.78, 5) is 14.3. The fourth-order valence-corrected chi connectivity index (χ4v) is 4.42. The van der Waals surface area contributed by atoms with Crippen molar-refractivity contribution in [3.8, 4) is 22.1 Å². The molecule has 0 atom stereocenters. The van der Waals surface area contributed by atoms with E-state index in [0.29, 0.717) is 29.3 Å². The molecule has 34 heavy (non-hydrogen) atoms. The molecule has 2 heterocycles. The molecule has 0 fully saturated rings. The van der Waals surface area contributed by atoms with E-state index in [9.17, 15) is 5.11 Å². The molecule has 170 valence electrons. The Labute approximate surface area is 200 Å². The van der Waals surface area contributed by atoms with E-state index in [2.05, 4.69) is 15.3 Å². The molecule has 0 amide bonds. The highest BCUT2D eigenvalue weighted by atomic mass is 32.1. The summed E-state index contributed by atoms with van der Waals surface area (Å²) >= 11 is 1.49. The van der Waals surface area contributed by atoms with E-state index in [0.717, 1.165) is 32.4 Å². The molecule has 2 N–H and O–H groups in total. The molecule has 0 spiro atoms. The minimum atomic E-state index is -0.143. The Hall–Kier alpha value is -4.01. The number of aliphatic hydroxyl groups is 1. The number of thiazole rings is 1. The van der Waals surface area contributed by atoms with Crippen molar-refractivity contribution in [1.82, 2.24) is 15.0 Å². The lowest BCUT2D eigenvalue weighted by atomic mass is 10.2. The van der Waals surface area contributed by atoms with E-state index < -0.39 is 0 Å². The lowest BCUT2D eigenvalue weighted by Crippen LogP contribution is -2.01. The maximum absolute atomic E-state index is 9.90. The first-order valence-corrected chi connectivity index (χ1v) is 11.5. The maximum Gasteiger partial charge on any atom is 0.161 e. The van der Waals surface area contributed by atoms with Crippen molar-refractivity contribution in [2.45, 2.75) is 13.2 Å². The summed E-state index contributed by atoms with van der Waals surface area (Å²) < 4.78 is 11.3. The highest BCUT2D eigenvalue weighted by Gasteiger charge is 2.14. The Kier molecular flexibility index (Phi) is 6.33. The van der Waals surface area contributed by atoms with Crippen LogP contribution >= 0.6 is 11.3 Å². The lowest BCUT2D eigenvalue weighted by Gasteiger charge is -2.13. The molecule has 0 aliphatic heterocycles. The van der Waals surface area contributed by atoms with Crippen molar-refractivity contribution in [3.63, 3.8) is 0 Å². The third-order valence-corrected chi connectivity index (χ3v) is 6.26. The summed E-state index contributed by atoms with van der Waals surface area (Å²) in [5, 5.41) is 14.0. The highest BCUT2D eigenvalue weighted by molar-refractivity contribution is 7.21. The second-order valence-electron chi connectivity index (χ2n) is 7.51. The Balaban J connectivity index is 1.39. The standard InChI is InChI=1S/C26H22N4O3S/c1-32-21-9-5-8-18(13-21)25-30-23-24(27-16-28-26(23)34-25)29-20-10-11-22(19(12-20)14-31)33-15-17-6-3-2-4-7-17/h2-13,16,31H,14-15H2,1H3,(H,27,28,29). The van der Waals surface area contributed by atoms with Crippen molar-refractivity contribution >= 4 is 33.2 Å². The van der Waals surface area contributed by atoms with Gasteiger partial charge in [-0.25, -0.2) is 15.0 Å². The molecule has 8 heteroatoms. The van der Waals surface area contributed by atoms with E-state index in [1.807, 2.05) is 72.8 Å². The lowest BCUT2D eigenvalue weighted by molar-refractivity contribution is 0.259. The Morgan fingerprint density at radius 3 is 2.68 bits per heavy atom. The number of benzene rings is 3. The van der Waals surface area contributed by atoms with Crippen LogP contribution in [0.2, 0.25) is 0 Å². The Morgan fingerprint density at radius 2 is 1.85 bits per heavy atom. The summed E-state index contributed by atoms with van der Waals surface area (Å²) in [6.45, 7) is 0.286. The minimum absolute atomic E-state index is 0.143. The van der Waals surface area contributed by atoms with Gasteiger partial charge in [-0.2, -0.15) is 0 Å². The van der Waals surface area contributed by atoms with Crippen LogP contribution in [-0.2, 0) is 13.2 Å². The minimum Gasteiger partial charge on any atom is -0.497 e. The zero-order chi connectivity index (χ0) is 23.3. The summed E-state index contributed by atoms with van der Waals surface area (Å²) in [6.07, 6.45) is 1.52. The SMILES string of the molecule is COc1cccc(-c2nc3c(Nc4ccc(OCc5ccccc5)c(CO)c4)ncnc3s2)c1.